The molecule has 0 spiro atoms. The third-order valence-electron chi connectivity index (χ3n) is 4.23. The van der Waals surface area contributed by atoms with Gasteiger partial charge in [0.15, 0.2) is 16.7 Å². The molecule has 0 bridgehead atoms. The molecule has 2 aromatic rings. The molecule has 1 aliphatic heterocycles. The Balaban J connectivity index is 1.93. The minimum Gasteiger partial charge on any atom is -0.545 e. The van der Waals surface area contributed by atoms with Gasteiger partial charge in [-0.1, -0.05) is 24.3 Å². The average Bonchev–Trinajstić information content (AvgIpc) is 3.03. The lowest BCUT2D eigenvalue weighted by molar-refractivity contribution is -0.255. The number of carbonyl (C=O) groups is 2. The number of amidine groups is 1. The molecular formula is C22H19N2O5S-. The Morgan fingerprint density at radius 2 is 1.87 bits per heavy atom. The highest BCUT2D eigenvalue weighted by Gasteiger charge is 2.32. The number of ether oxygens (including phenoxy) is 2. The highest BCUT2D eigenvalue weighted by Crippen LogP contribution is 2.35. The van der Waals surface area contributed by atoms with Gasteiger partial charge in [-0.25, -0.2) is 4.99 Å². The van der Waals surface area contributed by atoms with Crippen LogP contribution < -0.4 is 14.6 Å². The Kier molecular flexibility index (Phi) is 6.58. The third-order valence-corrected chi connectivity index (χ3v) is 5.24. The molecule has 30 heavy (non-hydrogen) atoms. The van der Waals surface area contributed by atoms with Gasteiger partial charge >= 0.3 is 0 Å². The van der Waals surface area contributed by atoms with Crippen molar-refractivity contribution in [1.29, 1.82) is 0 Å². The summed E-state index contributed by atoms with van der Waals surface area (Å²) in [5, 5.41) is 11.4. The van der Waals surface area contributed by atoms with Crippen LogP contribution in [0.3, 0.4) is 0 Å². The quantitative estimate of drug-likeness (QED) is 0.502. The Hall–Kier alpha value is -3.52. The molecule has 0 aliphatic carbocycles. The minimum absolute atomic E-state index is 0.0612. The number of carbonyl (C=O) groups excluding carboxylic acids is 2. The van der Waals surface area contributed by atoms with Gasteiger partial charge in [0, 0.05) is 6.54 Å². The summed E-state index contributed by atoms with van der Waals surface area (Å²) >= 11 is 1.23. The molecule has 1 heterocycles. The van der Waals surface area contributed by atoms with E-state index in [1.54, 1.807) is 50.6 Å². The molecule has 8 heteroatoms. The number of benzene rings is 2. The van der Waals surface area contributed by atoms with Crippen molar-refractivity contribution >= 4 is 40.6 Å². The predicted octanol–water partition coefficient (Wildman–Crippen LogP) is 2.86. The zero-order chi connectivity index (χ0) is 21.7. The van der Waals surface area contributed by atoms with Gasteiger partial charge in [-0.2, -0.15) is 0 Å². The second kappa shape index (κ2) is 9.32. The molecule has 1 saturated heterocycles. The topological polar surface area (TPSA) is 91.3 Å². The summed E-state index contributed by atoms with van der Waals surface area (Å²) in [4.78, 5) is 30.3. The van der Waals surface area contributed by atoms with Crippen molar-refractivity contribution in [2.75, 3.05) is 20.8 Å². The number of thioether (sulfide) groups is 1. The van der Waals surface area contributed by atoms with Crippen molar-refractivity contribution < 1.29 is 24.2 Å². The standard InChI is InChI=1S/C22H20N2O5S/c1-4-11-24-20(25)19(13-14-5-10-17(28-2)18(12-14)29-3)30-22(24)23-16-8-6-15(7-9-16)21(26)27/h4-10,12-13H,1,11H2,2-3H3,(H,26,27)/p-1. The number of aromatic carboxylic acids is 1. The van der Waals surface area contributed by atoms with Crippen molar-refractivity contribution in [3.05, 3.63) is 71.2 Å². The molecule has 0 radical (unpaired) electrons. The minimum atomic E-state index is -1.26. The number of hydrogen-bond acceptors (Lipinski definition) is 7. The molecule has 3 rings (SSSR count). The van der Waals surface area contributed by atoms with Crippen LogP contribution in [0.2, 0.25) is 0 Å². The van der Waals surface area contributed by atoms with E-state index < -0.39 is 5.97 Å². The number of carboxylic acid groups (broad SMARTS) is 1. The first kappa shape index (κ1) is 21.2. The zero-order valence-corrected chi connectivity index (χ0v) is 17.3. The van der Waals surface area contributed by atoms with E-state index in [1.807, 2.05) is 6.07 Å². The number of hydrogen-bond donors (Lipinski definition) is 0. The van der Waals surface area contributed by atoms with Crippen LogP contribution in [0.15, 0.2) is 65.0 Å². The lowest BCUT2D eigenvalue weighted by Crippen LogP contribution is -2.29. The number of nitrogens with zero attached hydrogens (tertiary/aromatic N) is 2. The van der Waals surface area contributed by atoms with Crippen LogP contribution >= 0.6 is 11.8 Å². The Labute approximate surface area is 178 Å². The first-order chi connectivity index (χ1) is 14.5. The molecule has 0 saturated carbocycles. The monoisotopic (exact) mass is 423 g/mol. The maximum Gasteiger partial charge on any atom is 0.267 e. The van der Waals surface area contributed by atoms with Crippen molar-refractivity contribution in [2.24, 2.45) is 4.99 Å². The van der Waals surface area contributed by atoms with E-state index in [2.05, 4.69) is 11.6 Å². The van der Waals surface area contributed by atoms with Crippen LogP contribution in [0.4, 0.5) is 5.69 Å². The zero-order valence-electron chi connectivity index (χ0n) is 16.5. The van der Waals surface area contributed by atoms with Crippen LogP contribution in [-0.2, 0) is 4.79 Å². The maximum atomic E-state index is 12.9. The van der Waals surface area contributed by atoms with Crippen LogP contribution in [0.25, 0.3) is 6.08 Å². The van der Waals surface area contributed by atoms with Crippen molar-refractivity contribution in [2.45, 2.75) is 0 Å². The van der Waals surface area contributed by atoms with Crippen molar-refractivity contribution in [1.82, 2.24) is 4.90 Å². The van der Waals surface area contributed by atoms with Gasteiger partial charge < -0.3 is 19.4 Å². The first-order valence-corrected chi connectivity index (χ1v) is 9.73. The van der Waals surface area contributed by atoms with E-state index in [9.17, 15) is 14.7 Å². The molecule has 1 aliphatic rings. The van der Waals surface area contributed by atoms with E-state index in [1.165, 1.54) is 28.8 Å². The van der Waals surface area contributed by atoms with Gasteiger partial charge in [0.2, 0.25) is 0 Å². The first-order valence-electron chi connectivity index (χ1n) is 8.91. The fourth-order valence-corrected chi connectivity index (χ4v) is 3.77. The summed E-state index contributed by atoms with van der Waals surface area (Å²) in [6.45, 7) is 4.00. The lowest BCUT2D eigenvalue weighted by Gasteiger charge is -2.12. The summed E-state index contributed by atoms with van der Waals surface area (Å²) in [5.41, 5.74) is 1.37. The van der Waals surface area contributed by atoms with E-state index in [0.717, 1.165) is 5.56 Å². The molecule has 7 nitrogen and oxygen atoms in total. The summed E-state index contributed by atoms with van der Waals surface area (Å²) in [6.07, 6.45) is 3.37. The van der Waals surface area contributed by atoms with E-state index in [0.29, 0.717) is 33.8 Å². The van der Waals surface area contributed by atoms with E-state index >= 15 is 0 Å². The van der Waals surface area contributed by atoms with Crippen LogP contribution in [0.1, 0.15) is 15.9 Å². The Morgan fingerprint density at radius 1 is 1.17 bits per heavy atom. The fraction of sp³-hybridized carbons (Fsp3) is 0.136. The Bertz CT molecular complexity index is 1040. The molecule has 154 valence electrons. The molecule has 0 unspecified atom stereocenters. The normalized spacial score (nSPS) is 16.2. The number of rotatable bonds is 7. The smallest absolute Gasteiger partial charge is 0.267 e. The number of amides is 1. The van der Waals surface area contributed by atoms with Crippen molar-refractivity contribution in [3.8, 4) is 11.5 Å². The van der Waals surface area contributed by atoms with Gasteiger partial charge in [0.05, 0.1) is 30.8 Å². The second-order valence-corrected chi connectivity index (χ2v) is 7.17. The van der Waals surface area contributed by atoms with Crippen molar-refractivity contribution in [3.63, 3.8) is 0 Å². The summed E-state index contributed by atoms with van der Waals surface area (Å²) in [5.74, 6) is -0.291. The SMILES string of the molecule is C=CCN1C(=O)C(=Cc2ccc(OC)c(OC)c2)SC1=Nc1ccc(C(=O)[O-])cc1. The van der Waals surface area contributed by atoms with Gasteiger partial charge in [0.25, 0.3) is 5.91 Å². The van der Waals surface area contributed by atoms with Gasteiger partial charge in [-0.05, 0) is 53.2 Å². The van der Waals surface area contributed by atoms with E-state index in [-0.39, 0.29) is 11.5 Å². The highest BCUT2D eigenvalue weighted by atomic mass is 32.2. The summed E-state index contributed by atoms with van der Waals surface area (Å²) in [7, 11) is 3.11. The summed E-state index contributed by atoms with van der Waals surface area (Å²) < 4.78 is 10.6. The lowest BCUT2D eigenvalue weighted by atomic mass is 10.2. The molecule has 0 aromatic heterocycles. The predicted molar refractivity (Wildman–Crippen MR) is 115 cm³/mol. The second-order valence-electron chi connectivity index (χ2n) is 6.16. The number of methoxy groups -OCH3 is 2. The molecule has 1 amide bonds. The van der Waals surface area contributed by atoms with E-state index in [4.69, 9.17) is 9.47 Å². The molecule has 2 aromatic carbocycles. The Morgan fingerprint density at radius 3 is 2.47 bits per heavy atom. The average molecular weight is 423 g/mol. The molecular weight excluding hydrogens is 404 g/mol. The largest absolute Gasteiger partial charge is 0.545 e. The van der Waals surface area contributed by atoms with Gasteiger partial charge in [-0.3, -0.25) is 9.69 Å². The fourth-order valence-electron chi connectivity index (χ4n) is 2.76. The van der Waals surface area contributed by atoms with Gasteiger partial charge in [0.1, 0.15) is 0 Å². The number of aliphatic imine (C=N–C) groups is 1. The van der Waals surface area contributed by atoms with Crippen LogP contribution in [0, 0.1) is 0 Å². The maximum absolute atomic E-state index is 12.9. The van der Waals surface area contributed by atoms with Gasteiger partial charge in [-0.15, -0.1) is 6.58 Å². The third kappa shape index (κ3) is 4.55. The molecule has 0 atom stereocenters. The molecule has 0 N–H and O–H groups in total. The highest BCUT2D eigenvalue weighted by molar-refractivity contribution is 8.18. The molecule has 1 fully saturated rings. The number of carboxylic acids is 1. The van der Waals surface area contributed by atoms with Crippen LogP contribution in [-0.4, -0.2) is 42.7 Å². The van der Waals surface area contributed by atoms with Crippen LogP contribution in [0.5, 0.6) is 11.5 Å². The summed E-state index contributed by atoms with van der Waals surface area (Å²) in [6, 6.07) is 11.3.